The van der Waals surface area contributed by atoms with Gasteiger partial charge in [0, 0.05) is 26.2 Å². The fraction of sp³-hybridized carbons (Fsp3) is 0.526. The van der Waals surface area contributed by atoms with Crippen molar-refractivity contribution in [2.75, 3.05) is 45.9 Å². The monoisotopic (exact) mass is 332 g/mol. The zero-order valence-electron chi connectivity index (χ0n) is 14.0. The van der Waals surface area contributed by atoms with Crippen LogP contribution in [0, 0.1) is 11.7 Å². The van der Waals surface area contributed by atoms with E-state index in [-0.39, 0.29) is 11.7 Å². The van der Waals surface area contributed by atoms with Gasteiger partial charge in [-0.3, -0.25) is 9.69 Å². The van der Waals surface area contributed by atoms with Crippen molar-refractivity contribution in [3.63, 3.8) is 0 Å². The summed E-state index contributed by atoms with van der Waals surface area (Å²) in [7, 11) is 0. The Balaban J connectivity index is 1.43. The predicted molar refractivity (Wildman–Crippen MR) is 92.0 cm³/mol. The molecule has 4 nitrogen and oxygen atoms in total. The molecule has 0 radical (unpaired) electrons. The van der Waals surface area contributed by atoms with E-state index < -0.39 is 0 Å². The third kappa shape index (κ3) is 4.89. The van der Waals surface area contributed by atoms with E-state index in [1.165, 1.54) is 12.1 Å². The number of amides is 1. The molecule has 5 heteroatoms. The number of allylic oxidation sites excluding steroid dienone is 1. The molecule has 2 heterocycles. The molecule has 0 bridgehead atoms. The molecule has 0 spiro atoms. The topological polar surface area (TPSA) is 32.8 Å². The van der Waals surface area contributed by atoms with Crippen molar-refractivity contribution < 1.29 is 13.9 Å². The number of hydrogen-bond acceptors (Lipinski definition) is 3. The Morgan fingerprint density at radius 2 is 1.79 bits per heavy atom. The highest BCUT2D eigenvalue weighted by Gasteiger charge is 2.23. The van der Waals surface area contributed by atoms with Crippen LogP contribution in [0.25, 0.3) is 6.08 Å². The number of halogens is 1. The highest BCUT2D eigenvalue weighted by atomic mass is 19.1. The predicted octanol–water partition coefficient (Wildman–Crippen LogP) is 2.41. The van der Waals surface area contributed by atoms with E-state index in [2.05, 4.69) is 17.1 Å². The maximum Gasteiger partial charge on any atom is 0.236 e. The van der Waals surface area contributed by atoms with Crippen LogP contribution in [0.3, 0.4) is 0 Å². The van der Waals surface area contributed by atoms with E-state index >= 15 is 0 Å². The number of morpholine rings is 1. The molecule has 3 rings (SSSR count). The van der Waals surface area contributed by atoms with Crippen LogP contribution in [0.2, 0.25) is 0 Å². The molecule has 0 aromatic heterocycles. The smallest absolute Gasteiger partial charge is 0.236 e. The molecule has 0 aliphatic carbocycles. The van der Waals surface area contributed by atoms with E-state index in [4.69, 9.17) is 4.74 Å². The molecule has 1 aromatic rings. The molecule has 130 valence electrons. The molecule has 2 saturated heterocycles. The van der Waals surface area contributed by atoms with Gasteiger partial charge in [-0.15, -0.1) is 0 Å². The van der Waals surface area contributed by atoms with Gasteiger partial charge in [0.2, 0.25) is 5.91 Å². The Morgan fingerprint density at radius 1 is 1.12 bits per heavy atom. The zero-order chi connectivity index (χ0) is 16.8. The van der Waals surface area contributed by atoms with Gasteiger partial charge in [-0.2, -0.15) is 0 Å². The number of nitrogens with zero attached hydrogens (tertiary/aromatic N) is 2. The SMILES string of the molecule is O=C(CN1CCOCC1)N1CCC(/C=C/c2ccc(F)cc2)CC1. The maximum absolute atomic E-state index is 12.9. The Bertz CT molecular complexity index is 559. The van der Waals surface area contributed by atoms with Gasteiger partial charge >= 0.3 is 0 Å². The van der Waals surface area contributed by atoms with Gasteiger partial charge in [-0.1, -0.05) is 24.3 Å². The molecule has 2 fully saturated rings. The Labute approximate surface area is 142 Å². The van der Waals surface area contributed by atoms with Gasteiger partial charge in [-0.05, 0) is 36.5 Å². The first-order valence-corrected chi connectivity index (χ1v) is 8.72. The normalized spacial score (nSPS) is 20.6. The number of carbonyl (C=O) groups excluding carboxylic acids is 1. The lowest BCUT2D eigenvalue weighted by atomic mass is 9.95. The summed E-state index contributed by atoms with van der Waals surface area (Å²) in [6, 6.07) is 6.53. The summed E-state index contributed by atoms with van der Waals surface area (Å²) in [6.45, 7) is 5.31. The number of rotatable bonds is 4. The number of benzene rings is 1. The van der Waals surface area contributed by atoms with E-state index in [0.717, 1.165) is 57.8 Å². The van der Waals surface area contributed by atoms with E-state index in [1.807, 2.05) is 4.90 Å². The summed E-state index contributed by atoms with van der Waals surface area (Å²) in [6.07, 6.45) is 6.23. The van der Waals surface area contributed by atoms with Gasteiger partial charge < -0.3 is 9.64 Å². The molecule has 2 aliphatic rings. The second kappa shape index (κ2) is 8.40. The fourth-order valence-corrected chi connectivity index (χ4v) is 3.21. The van der Waals surface area contributed by atoms with Gasteiger partial charge in [0.1, 0.15) is 5.82 Å². The Kier molecular flexibility index (Phi) is 5.99. The van der Waals surface area contributed by atoms with Crippen LogP contribution < -0.4 is 0 Å². The lowest BCUT2D eigenvalue weighted by molar-refractivity contribution is -0.134. The van der Waals surface area contributed by atoms with Gasteiger partial charge in [0.25, 0.3) is 0 Å². The summed E-state index contributed by atoms with van der Waals surface area (Å²) >= 11 is 0. The third-order valence-electron chi connectivity index (χ3n) is 4.79. The van der Waals surface area contributed by atoms with Crippen LogP contribution in [0.15, 0.2) is 30.3 Å². The second-order valence-electron chi connectivity index (χ2n) is 6.52. The molecule has 24 heavy (non-hydrogen) atoms. The van der Waals surface area contributed by atoms with Crippen LogP contribution >= 0.6 is 0 Å². The van der Waals surface area contributed by atoms with Crippen molar-refractivity contribution in [2.45, 2.75) is 12.8 Å². The minimum absolute atomic E-state index is 0.209. The van der Waals surface area contributed by atoms with Crippen LogP contribution in [-0.2, 0) is 9.53 Å². The summed E-state index contributed by atoms with van der Waals surface area (Å²) in [5.41, 5.74) is 1.02. The first-order valence-electron chi connectivity index (χ1n) is 8.72. The summed E-state index contributed by atoms with van der Waals surface area (Å²) in [4.78, 5) is 16.5. The largest absolute Gasteiger partial charge is 0.379 e. The molecule has 0 atom stereocenters. The van der Waals surface area contributed by atoms with Crippen molar-refractivity contribution in [1.29, 1.82) is 0 Å². The number of carbonyl (C=O) groups is 1. The highest BCUT2D eigenvalue weighted by molar-refractivity contribution is 5.78. The molecule has 1 amide bonds. The van der Waals surface area contributed by atoms with Gasteiger partial charge in [0.15, 0.2) is 0 Å². The Morgan fingerprint density at radius 3 is 2.46 bits per heavy atom. The average Bonchev–Trinajstić information content (AvgIpc) is 2.62. The molecular formula is C19H25FN2O2. The number of likely N-dealkylation sites (tertiary alicyclic amines) is 1. The zero-order valence-corrected chi connectivity index (χ0v) is 14.0. The first-order chi connectivity index (χ1) is 11.7. The van der Waals surface area contributed by atoms with Gasteiger partial charge in [0.05, 0.1) is 19.8 Å². The van der Waals surface area contributed by atoms with Crippen molar-refractivity contribution in [1.82, 2.24) is 9.80 Å². The van der Waals surface area contributed by atoms with E-state index in [1.54, 1.807) is 12.1 Å². The maximum atomic E-state index is 12.9. The molecule has 0 saturated carbocycles. The number of piperidine rings is 1. The van der Waals surface area contributed by atoms with E-state index in [0.29, 0.717) is 12.5 Å². The van der Waals surface area contributed by atoms with Crippen molar-refractivity contribution in [3.8, 4) is 0 Å². The van der Waals surface area contributed by atoms with Crippen molar-refractivity contribution in [2.24, 2.45) is 5.92 Å². The quantitative estimate of drug-likeness (QED) is 0.849. The van der Waals surface area contributed by atoms with Crippen LogP contribution in [0.4, 0.5) is 4.39 Å². The van der Waals surface area contributed by atoms with Crippen molar-refractivity contribution >= 4 is 12.0 Å². The lowest BCUT2D eigenvalue weighted by Gasteiger charge is -2.33. The molecular weight excluding hydrogens is 307 g/mol. The Hall–Kier alpha value is -1.72. The summed E-state index contributed by atoms with van der Waals surface area (Å²) < 4.78 is 18.2. The molecule has 1 aromatic carbocycles. The van der Waals surface area contributed by atoms with Crippen LogP contribution in [0.1, 0.15) is 18.4 Å². The van der Waals surface area contributed by atoms with E-state index in [9.17, 15) is 9.18 Å². The highest BCUT2D eigenvalue weighted by Crippen LogP contribution is 2.20. The average molecular weight is 332 g/mol. The second-order valence-corrected chi connectivity index (χ2v) is 6.52. The fourth-order valence-electron chi connectivity index (χ4n) is 3.21. The van der Waals surface area contributed by atoms with Crippen LogP contribution in [-0.4, -0.2) is 61.6 Å². The molecule has 0 N–H and O–H groups in total. The van der Waals surface area contributed by atoms with Crippen LogP contribution in [0.5, 0.6) is 0 Å². The summed E-state index contributed by atoms with van der Waals surface area (Å²) in [5.74, 6) is 0.514. The first kappa shape index (κ1) is 17.1. The summed E-state index contributed by atoms with van der Waals surface area (Å²) in [5, 5.41) is 0. The minimum Gasteiger partial charge on any atom is -0.379 e. The number of hydrogen-bond donors (Lipinski definition) is 0. The molecule has 2 aliphatic heterocycles. The van der Waals surface area contributed by atoms with Crippen molar-refractivity contribution in [3.05, 3.63) is 41.7 Å². The molecule has 0 unspecified atom stereocenters. The standard InChI is InChI=1S/C19H25FN2O2/c20-18-5-3-16(4-6-18)1-2-17-7-9-22(10-8-17)19(23)15-21-11-13-24-14-12-21/h1-6,17H,7-15H2/b2-1+. The minimum atomic E-state index is -0.209. The number of ether oxygens (including phenoxy) is 1. The lowest BCUT2D eigenvalue weighted by Crippen LogP contribution is -2.46. The third-order valence-corrected chi connectivity index (χ3v) is 4.79. The van der Waals surface area contributed by atoms with Gasteiger partial charge in [-0.25, -0.2) is 4.39 Å².